The molecule has 0 spiro atoms. The maximum Gasteiger partial charge on any atom is 0.143 e. The first-order valence-corrected chi connectivity index (χ1v) is 15.9. The molecule has 3 nitrogen and oxygen atoms in total. The average Bonchev–Trinajstić information content (AvgIpc) is 3.55. The monoisotopic (exact) mass is 598 g/mol. The first-order valence-electron chi connectivity index (χ1n) is 15.9. The van der Waals surface area contributed by atoms with Crippen LogP contribution in [0.25, 0.3) is 98.8 Å². The molecule has 2 aromatic heterocycles. The predicted octanol–water partition coefficient (Wildman–Crippen LogP) is 12.0. The highest BCUT2D eigenvalue weighted by atomic mass is 16.3. The van der Waals surface area contributed by atoms with Gasteiger partial charge in [-0.2, -0.15) is 0 Å². The fourth-order valence-electron chi connectivity index (χ4n) is 7.29. The number of fused-ring (bicyclic) bond motifs is 11. The van der Waals surface area contributed by atoms with Gasteiger partial charge in [-0.1, -0.05) is 146 Å². The van der Waals surface area contributed by atoms with E-state index in [0.717, 1.165) is 77.3 Å². The second kappa shape index (κ2) is 10.1. The molecule has 0 unspecified atom stereocenters. The lowest BCUT2D eigenvalue weighted by atomic mass is 9.95. The minimum absolute atomic E-state index is 0.852. The van der Waals surface area contributed by atoms with Gasteiger partial charge in [-0.15, -0.1) is 0 Å². The first-order chi connectivity index (χ1) is 23.3. The van der Waals surface area contributed by atoms with Gasteiger partial charge in [-0.25, -0.2) is 4.98 Å². The standard InChI is InChI=1S/C44H26N2O/c1-2-11-27(12-3-1)38-25-30-13-4-5-14-31(30)40-37-20-10-19-32(43(37)47-44(38)40)28-21-23-29(24-22-28)39-26-45-41-35-17-8-6-15-33(35)34-16-7-9-18-36(34)42(41)46-39/h1-26H. The molecule has 0 fully saturated rings. The Morgan fingerprint density at radius 1 is 0.404 bits per heavy atom. The van der Waals surface area contributed by atoms with Gasteiger partial charge in [0.05, 0.1) is 22.9 Å². The maximum absolute atomic E-state index is 6.85. The lowest BCUT2D eigenvalue weighted by Crippen LogP contribution is -1.92. The van der Waals surface area contributed by atoms with E-state index in [0.29, 0.717) is 0 Å². The summed E-state index contributed by atoms with van der Waals surface area (Å²) in [6.07, 6.45) is 1.90. The molecule has 0 aliphatic heterocycles. The van der Waals surface area contributed by atoms with E-state index < -0.39 is 0 Å². The second-order valence-electron chi connectivity index (χ2n) is 12.1. The summed E-state index contributed by atoms with van der Waals surface area (Å²) in [4.78, 5) is 10.2. The lowest BCUT2D eigenvalue weighted by Gasteiger charge is -2.10. The zero-order chi connectivity index (χ0) is 30.9. The molecule has 8 aromatic carbocycles. The molecule has 0 saturated carbocycles. The molecule has 47 heavy (non-hydrogen) atoms. The molecule has 0 aliphatic carbocycles. The predicted molar refractivity (Wildman–Crippen MR) is 196 cm³/mol. The minimum atomic E-state index is 0.852. The summed E-state index contributed by atoms with van der Waals surface area (Å²) < 4.78 is 6.85. The molecule has 0 atom stereocenters. The first kappa shape index (κ1) is 26.0. The Bertz CT molecular complexity index is 2800. The van der Waals surface area contributed by atoms with Crippen molar-refractivity contribution in [3.63, 3.8) is 0 Å². The molecule has 0 bridgehead atoms. The number of hydrogen-bond acceptors (Lipinski definition) is 3. The van der Waals surface area contributed by atoms with Gasteiger partial charge in [0.25, 0.3) is 0 Å². The van der Waals surface area contributed by atoms with Gasteiger partial charge in [-0.3, -0.25) is 4.98 Å². The Kier molecular flexibility index (Phi) is 5.57. The van der Waals surface area contributed by atoms with Crippen molar-refractivity contribution in [1.29, 1.82) is 0 Å². The summed E-state index contributed by atoms with van der Waals surface area (Å²) in [7, 11) is 0. The molecule has 0 saturated heterocycles. The van der Waals surface area contributed by atoms with Gasteiger partial charge >= 0.3 is 0 Å². The number of nitrogens with zero attached hydrogens (tertiary/aromatic N) is 2. The third kappa shape index (κ3) is 3.93. The number of aromatic nitrogens is 2. The Hall–Kier alpha value is -6.32. The summed E-state index contributed by atoms with van der Waals surface area (Å²) in [6, 6.07) is 53.3. The van der Waals surface area contributed by atoms with E-state index in [1.165, 1.54) is 21.5 Å². The zero-order valence-corrected chi connectivity index (χ0v) is 25.3. The Labute approximate surface area is 270 Å². The van der Waals surface area contributed by atoms with Crippen LogP contribution in [-0.4, -0.2) is 9.97 Å². The molecule has 10 aromatic rings. The van der Waals surface area contributed by atoms with Gasteiger partial charge in [0.1, 0.15) is 11.2 Å². The fraction of sp³-hybridized carbons (Fsp3) is 0. The molecule has 2 heterocycles. The van der Waals surface area contributed by atoms with Crippen LogP contribution in [0.5, 0.6) is 0 Å². The molecular formula is C44H26N2O. The highest BCUT2D eigenvalue weighted by Crippen LogP contribution is 2.44. The van der Waals surface area contributed by atoms with Gasteiger partial charge in [-0.05, 0) is 38.7 Å². The van der Waals surface area contributed by atoms with Crippen LogP contribution in [0.2, 0.25) is 0 Å². The van der Waals surface area contributed by atoms with E-state index in [1.807, 2.05) is 6.20 Å². The Balaban J connectivity index is 1.13. The number of hydrogen-bond donors (Lipinski definition) is 0. The second-order valence-corrected chi connectivity index (χ2v) is 12.1. The molecular weight excluding hydrogens is 572 g/mol. The quantitative estimate of drug-likeness (QED) is 0.190. The van der Waals surface area contributed by atoms with E-state index >= 15 is 0 Å². The van der Waals surface area contributed by atoms with Crippen molar-refractivity contribution < 1.29 is 4.42 Å². The van der Waals surface area contributed by atoms with Crippen molar-refractivity contribution >= 4 is 65.3 Å². The van der Waals surface area contributed by atoms with Crippen LogP contribution >= 0.6 is 0 Å². The Morgan fingerprint density at radius 2 is 1.00 bits per heavy atom. The summed E-state index contributed by atoms with van der Waals surface area (Å²) >= 11 is 0. The Morgan fingerprint density at radius 3 is 1.77 bits per heavy atom. The van der Waals surface area contributed by atoms with Crippen LogP contribution < -0.4 is 0 Å². The van der Waals surface area contributed by atoms with Gasteiger partial charge in [0.15, 0.2) is 0 Å². The van der Waals surface area contributed by atoms with Crippen molar-refractivity contribution in [2.24, 2.45) is 0 Å². The van der Waals surface area contributed by atoms with Crippen LogP contribution in [-0.2, 0) is 0 Å². The molecule has 0 amide bonds. The van der Waals surface area contributed by atoms with Crippen molar-refractivity contribution in [2.45, 2.75) is 0 Å². The topological polar surface area (TPSA) is 38.9 Å². The van der Waals surface area contributed by atoms with Crippen LogP contribution in [0.3, 0.4) is 0 Å². The van der Waals surface area contributed by atoms with Crippen molar-refractivity contribution in [1.82, 2.24) is 9.97 Å². The fourth-order valence-corrected chi connectivity index (χ4v) is 7.29. The normalized spacial score (nSPS) is 11.8. The number of furan rings is 1. The minimum Gasteiger partial charge on any atom is -0.455 e. The van der Waals surface area contributed by atoms with Crippen LogP contribution in [0, 0.1) is 0 Å². The summed E-state index contributed by atoms with van der Waals surface area (Å²) in [5, 5.41) is 9.31. The summed E-state index contributed by atoms with van der Waals surface area (Å²) in [5.74, 6) is 0. The number of para-hydroxylation sites is 1. The average molecular weight is 599 g/mol. The highest BCUT2D eigenvalue weighted by molar-refractivity contribution is 6.24. The van der Waals surface area contributed by atoms with Gasteiger partial charge < -0.3 is 4.42 Å². The lowest BCUT2D eigenvalue weighted by molar-refractivity contribution is 0.671. The largest absolute Gasteiger partial charge is 0.455 e. The van der Waals surface area contributed by atoms with Gasteiger partial charge in [0, 0.05) is 38.2 Å². The summed E-state index contributed by atoms with van der Waals surface area (Å²) in [6.45, 7) is 0. The molecule has 0 N–H and O–H groups in total. The van der Waals surface area contributed by atoms with Crippen molar-refractivity contribution in [3.8, 4) is 33.5 Å². The van der Waals surface area contributed by atoms with Crippen molar-refractivity contribution in [3.05, 3.63) is 158 Å². The van der Waals surface area contributed by atoms with E-state index in [4.69, 9.17) is 14.4 Å². The smallest absolute Gasteiger partial charge is 0.143 e. The third-order valence-electron chi connectivity index (χ3n) is 9.49. The number of rotatable bonds is 3. The summed E-state index contributed by atoms with van der Waals surface area (Å²) in [5.41, 5.74) is 9.95. The molecule has 3 heteroatoms. The maximum atomic E-state index is 6.85. The number of benzene rings is 8. The highest BCUT2D eigenvalue weighted by Gasteiger charge is 2.19. The van der Waals surface area contributed by atoms with Crippen LogP contribution in [0.1, 0.15) is 0 Å². The zero-order valence-electron chi connectivity index (χ0n) is 25.3. The van der Waals surface area contributed by atoms with E-state index in [-0.39, 0.29) is 0 Å². The molecule has 10 rings (SSSR count). The van der Waals surface area contributed by atoms with E-state index in [1.54, 1.807) is 0 Å². The molecule has 0 radical (unpaired) electrons. The van der Waals surface area contributed by atoms with Crippen LogP contribution in [0.15, 0.2) is 162 Å². The third-order valence-corrected chi connectivity index (χ3v) is 9.49. The van der Waals surface area contributed by atoms with E-state index in [9.17, 15) is 0 Å². The SMILES string of the molecule is c1ccc(-c2cc3ccccc3c3c2oc2c(-c4ccc(-c5cnc6c7ccccc7c7ccccc7c6n5)cc4)cccc23)cc1. The molecule has 218 valence electrons. The van der Waals surface area contributed by atoms with Crippen LogP contribution in [0.4, 0.5) is 0 Å². The molecule has 0 aliphatic rings. The van der Waals surface area contributed by atoms with E-state index in [2.05, 4.69) is 152 Å². The van der Waals surface area contributed by atoms with Gasteiger partial charge in [0.2, 0.25) is 0 Å². The van der Waals surface area contributed by atoms with Crippen molar-refractivity contribution in [2.75, 3.05) is 0 Å².